The number of carbonyl (C=O) groups excluding carboxylic acids is 1. The van der Waals surface area contributed by atoms with Crippen LogP contribution < -0.4 is 10.1 Å². The van der Waals surface area contributed by atoms with Crippen LogP contribution in [0.1, 0.15) is 23.0 Å². The smallest absolute Gasteiger partial charge is 0.291 e. The van der Waals surface area contributed by atoms with E-state index in [1.54, 1.807) is 61.5 Å². The molecule has 0 aliphatic rings. The van der Waals surface area contributed by atoms with Gasteiger partial charge in [-0.05, 0) is 48.9 Å². The van der Waals surface area contributed by atoms with E-state index in [4.69, 9.17) is 4.42 Å². The van der Waals surface area contributed by atoms with Crippen molar-refractivity contribution in [1.82, 2.24) is 4.83 Å². The second-order valence-electron chi connectivity index (χ2n) is 5.61. The van der Waals surface area contributed by atoms with Crippen molar-refractivity contribution in [3.63, 3.8) is 0 Å². The molecule has 3 rings (SSSR count). The molecule has 0 fully saturated rings. The van der Waals surface area contributed by atoms with Gasteiger partial charge in [-0.15, -0.1) is 0 Å². The predicted octanol–water partition coefficient (Wildman–Crippen LogP) is 3.23. The summed E-state index contributed by atoms with van der Waals surface area (Å²) in [6, 6.07) is 18.0. The first-order chi connectivity index (χ1) is 13.0. The van der Waals surface area contributed by atoms with E-state index >= 15 is 0 Å². The molecule has 0 spiro atoms. The van der Waals surface area contributed by atoms with E-state index in [2.05, 4.69) is 15.2 Å². The topological polar surface area (TPSA) is 101 Å². The summed E-state index contributed by atoms with van der Waals surface area (Å²) in [5.74, 6) is -0.138. The minimum Gasteiger partial charge on any atom is -0.459 e. The quantitative estimate of drug-likeness (QED) is 0.504. The molecule has 0 atom stereocenters. The fourth-order valence-electron chi connectivity index (χ4n) is 2.24. The zero-order chi connectivity index (χ0) is 19.3. The van der Waals surface area contributed by atoms with Gasteiger partial charge in [-0.25, -0.2) is 0 Å². The number of sulfonamides is 1. The van der Waals surface area contributed by atoms with E-state index in [9.17, 15) is 13.2 Å². The lowest BCUT2D eigenvalue weighted by Crippen LogP contribution is -2.19. The molecule has 2 N–H and O–H groups in total. The number of carbonyl (C=O) groups is 1. The maximum Gasteiger partial charge on any atom is 0.291 e. The predicted molar refractivity (Wildman–Crippen MR) is 102 cm³/mol. The van der Waals surface area contributed by atoms with Crippen LogP contribution in [0.2, 0.25) is 0 Å². The molecular weight excluding hydrogens is 366 g/mol. The SMILES string of the molecule is CC(=NNS(=O)(=O)c1ccccc1)c1ccc(NC(=O)c2ccco2)cc1. The molecule has 0 aliphatic carbocycles. The molecule has 0 aliphatic heterocycles. The number of rotatable bonds is 6. The molecule has 1 amide bonds. The summed E-state index contributed by atoms with van der Waals surface area (Å²) in [7, 11) is -3.72. The molecule has 1 aromatic heterocycles. The van der Waals surface area contributed by atoms with Crippen molar-refractivity contribution >= 4 is 27.3 Å². The lowest BCUT2D eigenvalue weighted by molar-refractivity contribution is 0.0996. The average molecular weight is 383 g/mol. The van der Waals surface area contributed by atoms with Crippen LogP contribution in [-0.2, 0) is 10.0 Å². The van der Waals surface area contributed by atoms with Gasteiger partial charge < -0.3 is 9.73 Å². The van der Waals surface area contributed by atoms with Gasteiger partial charge >= 0.3 is 0 Å². The van der Waals surface area contributed by atoms with Gasteiger partial charge in [-0.1, -0.05) is 30.3 Å². The number of nitrogens with zero attached hydrogens (tertiary/aromatic N) is 1. The van der Waals surface area contributed by atoms with Crippen LogP contribution in [0.5, 0.6) is 0 Å². The normalized spacial score (nSPS) is 11.8. The Bertz CT molecular complexity index is 1040. The van der Waals surface area contributed by atoms with Crippen molar-refractivity contribution in [3.05, 3.63) is 84.3 Å². The Morgan fingerprint density at radius 3 is 2.30 bits per heavy atom. The van der Waals surface area contributed by atoms with Gasteiger partial charge in [-0.3, -0.25) is 4.79 Å². The highest BCUT2D eigenvalue weighted by molar-refractivity contribution is 7.89. The first-order valence-electron chi connectivity index (χ1n) is 8.02. The molecule has 0 bridgehead atoms. The first-order valence-corrected chi connectivity index (χ1v) is 9.50. The first kappa shape index (κ1) is 18.4. The number of amides is 1. The van der Waals surface area contributed by atoms with Gasteiger partial charge in [0, 0.05) is 5.69 Å². The summed E-state index contributed by atoms with van der Waals surface area (Å²) >= 11 is 0. The molecule has 2 aromatic carbocycles. The van der Waals surface area contributed by atoms with Gasteiger partial charge in [0.15, 0.2) is 5.76 Å². The lowest BCUT2D eigenvalue weighted by atomic mass is 10.1. The molecule has 0 saturated heterocycles. The minimum absolute atomic E-state index is 0.137. The number of benzene rings is 2. The van der Waals surface area contributed by atoms with Crippen LogP contribution in [0, 0.1) is 0 Å². The van der Waals surface area contributed by atoms with E-state index < -0.39 is 10.0 Å². The molecule has 0 unspecified atom stereocenters. The van der Waals surface area contributed by atoms with E-state index in [-0.39, 0.29) is 16.6 Å². The maximum absolute atomic E-state index is 12.2. The molecule has 0 saturated carbocycles. The Balaban J connectivity index is 1.67. The van der Waals surface area contributed by atoms with Crippen molar-refractivity contribution in [3.8, 4) is 0 Å². The van der Waals surface area contributed by atoms with Gasteiger partial charge in [0.05, 0.1) is 16.9 Å². The van der Waals surface area contributed by atoms with E-state index in [1.165, 1.54) is 18.4 Å². The van der Waals surface area contributed by atoms with E-state index in [0.717, 1.165) is 0 Å². The monoisotopic (exact) mass is 383 g/mol. The van der Waals surface area contributed by atoms with Gasteiger partial charge in [-0.2, -0.15) is 18.4 Å². The van der Waals surface area contributed by atoms with Crippen molar-refractivity contribution < 1.29 is 17.6 Å². The van der Waals surface area contributed by atoms with E-state index in [0.29, 0.717) is 17.0 Å². The molecule has 8 heteroatoms. The molecule has 3 aromatic rings. The molecule has 138 valence electrons. The summed E-state index contributed by atoms with van der Waals surface area (Å²) in [5.41, 5.74) is 1.78. The number of nitrogens with one attached hydrogen (secondary N) is 2. The van der Waals surface area contributed by atoms with Crippen LogP contribution >= 0.6 is 0 Å². The molecular formula is C19H17N3O4S. The number of furan rings is 1. The summed E-state index contributed by atoms with van der Waals surface area (Å²) in [4.78, 5) is 14.3. The second kappa shape index (κ2) is 7.88. The maximum atomic E-state index is 12.2. The summed E-state index contributed by atoms with van der Waals surface area (Å²) in [5, 5.41) is 6.65. The van der Waals surface area contributed by atoms with Gasteiger partial charge in [0.1, 0.15) is 0 Å². The molecule has 0 radical (unpaired) electrons. The Morgan fingerprint density at radius 1 is 0.963 bits per heavy atom. The minimum atomic E-state index is -3.72. The Kier molecular flexibility index (Phi) is 5.37. The van der Waals surface area contributed by atoms with Crippen LogP contribution in [0.4, 0.5) is 5.69 Å². The highest BCUT2D eigenvalue weighted by Crippen LogP contribution is 2.13. The zero-order valence-corrected chi connectivity index (χ0v) is 15.2. The third-order valence-electron chi connectivity index (χ3n) is 3.69. The largest absolute Gasteiger partial charge is 0.459 e. The lowest BCUT2D eigenvalue weighted by Gasteiger charge is -2.07. The van der Waals surface area contributed by atoms with Crippen molar-refractivity contribution in [1.29, 1.82) is 0 Å². The Morgan fingerprint density at radius 2 is 1.67 bits per heavy atom. The second-order valence-corrected chi connectivity index (χ2v) is 7.27. The summed E-state index contributed by atoms with van der Waals surface area (Å²) in [6.07, 6.45) is 1.42. The third-order valence-corrected chi connectivity index (χ3v) is 4.92. The van der Waals surface area contributed by atoms with Gasteiger partial charge in [0.25, 0.3) is 15.9 Å². The fourth-order valence-corrected chi connectivity index (χ4v) is 3.12. The molecule has 1 heterocycles. The van der Waals surface area contributed by atoms with Crippen molar-refractivity contribution in [2.75, 3.05) is 5.32 Å². The highest BCUT2D eigenvalue weighted by atomic mass is 32.2. The summed E-state index contributed by atoms with van der Waals surface area (Å²) < 4.78 is 29.4. The standard InChI is InChI=1S/C19H17N3O4S/c1-14(21-22-27(24,25)17-6-3-2-4-7-17)15-9-11-16(12-10-15)20-19(23)18-8-5-13-26-18/h2-13,22H,1H3,(H,20,23). The number of hydrazone groups is 1. The number of hydrogen-bond acceptors (Lipinski definition) is 5. The highest BCUT2D eigenvalue weighted by Gasteiger charge is 2.12. The van der Waals surface area contributed by atoms with Crippen molar-refractivity contribution in [2.45, 2.75) is 11.8 Å². The van der Waals surface area contributed by atoms with Crippen LogP contribution in [-0.4, -0.2) is 20.0 Å². The Hall–Kier alpha value is -3.39. The van der Waals surface area contributed by atoms with Crippen LogP contribution in [0.15, 0.2) is 87.4 Å². The third kappa shape index (κ3) is 4.62. The molecule has 27 heavy (non-hydrogen) atoms. The zero-order valence-electron chi connectivity index (χ0n) is 14.4. The number of hydrogen-bond donors (Lipinski definition) is 2. The summed E-state index contributed by atoms with van der Waals surface area (Å²) in [6.45, 7) is 1.68. The van der Waals surface area contributed by atoms with Gasteiger partial charge in [0.2, 0.25) is 0 Å². The average Bonchev–Trinajstić information content (AvgIpc) is 3.22. The fraction of sp³-hybridized carbons (Fsp3) is 0.0526. The van der Waals surface area contributed by atoms with Crippen LogP contribution in [0.25, 0.3) is 0 Å². The Labute approximate surface area is 156 Å². The number of anilines is 1. The molecule has 7 nitrogen and oxygen atoms in total. The van der Waals surface area contributed by atoms with Crippen molar-refractivity contribution in [2.24, 2.45) is 5.10 Å². The van der Waals surface area contributed by atoms with Crippen LogP contribution in [0.3, 0.4) is 0 Å². The van der Waals surface area contributed by atoms with E-state index in [1.807, 2.05) is 0 Å².